The first kappa shape index (κ1) is 25.9. The Morgan fingerprint density at radius 1 is 0.531 bits per heavy atom. The van der Waals surface area contributed by atoms with Crippen LogP contribution in [0.1, 0.15) is 90.9 Å². The van der Waals surface area contributed by atoms with Crippen LogP contribution in [-0.2, 0) is 0 Å². The van der Waals surface area contributed by atoms with Crippen LogP contribution >= 0.6 is 0 Å². The van der Waals surface area contributed by atoms with Crippen molar-refractivity contribution in [3.05, 3.63) is 42.5 Å². The van der Waals surface area contributed by atoms with Crippen molar-refractivity contribution >= 4 is 22.7 Å². The van der Waals surface area contributed by atoms with E-state index in [9.17, 15) is 5.11 Å². The average Bonchev–Trinajstić information content (AvgIpc) is 2.79. The SMILES string of the molecule is CCCCCCCCNc1cc(NCCCCCCCC)cc(Nc2ccc(O)cc2)c1. The van der Waals surface area contributed by atoms with Gasteiger partial charge in [0.2, 0.25) is 0 Å². The minimum absolute atomic E-state index is 0.284. The molecule has 2 aromatic carbocycles. The highest BCUT2D eigenvalue weighted by atomic mass is 16.3. The van der Waals surface area contributed by atoms with Crippen molar-refractivity contribution < 1.29 is 5.11 Å². The van der Waals surface area contributed by atoms with E-state index in [-0.39, 0.29) is 5.75 Å². The molecule has 0 amide bonds. The van der Waals surface area contributed by atoms with Crippen LogP contribution in [0, 0.1) is 0 Å². The molecular formula is C28H45N3O. The maximum Gasteiger partial charge on any atom is 0.115 e. The highest BCUT2D eigenvalue weighted by Crippen LogP contribution is 2.27. The molecule has 2 aromatic rings. The molecule has 0 aliphatic carbocycles. The van der Waals surface area contributed by atoms with Gasteiger partial charge in [-0.1, -0.05) is 78.1 Å². The predicted octanol–water partition coefficient (Wildman–Crippen LogP) is 8.68. The lowest BCUT2D eigenvalue weighted by molar-refractivity contribution is 0.475. The highest BCUT2D eigenvalue weighted by Gasteiger charge is 2.03. The van der Waals surface area contributed by atoms with Gasteiger partial charge in [-0.05, 0) is 55.3 Å². The van der Waals surface area contributed by atoms with Gasteiger partial charge in [-0.2, -0.15) is 0 Å². The Hall–Kier alpha value is -2.36. The first-order valence-electron chi connectivity index (χ1n) is 12.9. The first-order valence-corrected chi connectivity index (χ1v) is 12.9. The molecule has 0 saturated carbocycles. The van der Waals surface area contributed by atoms with Crippen LogP contribution in [0.3, 0.4) is 0 Å². The summed E-state index contributed by atoms with van der Waals surface area (Å²) in [6.07, 6.45) is 15.7. The van der Waals surface area contributed by atoms with Crippen LogP contribution in [0.5, 0.6) is 5.75 Å². The van der Waals surface area contributed by atoms with E-state index in [1.165, 1.54) is 77.0 Å². The number of nitrogens with one attached hydrogen (secondary N) is 3. The Labute approximate surface area is 196 Å². The fraction of sp³-hybridized carbons (Fsp3) is 0.571. The van der Waals surface area contributed by atoms with Crippen LogP contribution in [-0.4, -0.2) is 18.2 Å². The third-order valence-corrected chi connectivity index (χ3v) is 5.81. The predicted molar refractivity (Wildman–Crippen MR) is 142 cm³/mol. The largest absolute Gasteiger partial charge is 0.508 e. The number of anilines is 4. The summed E-state index contributed by atoms with van der Waals surface area (Å²) in [6.45, 7) is 6.54. The second kappa shape index (κ2) is 16.3. The summed E-state index contributed by atoms with van der Waals surface area (Å²) < 4.78 is 0. The average molecular weight is 440 g/mol. The summed E-state index contributed by atoms with van der Waals surface area (Å²) in [5, 5.41) is 20.2. The quantitative estimate of drug-likeness (QED) is 0.139. The minimum Gasteiger partial charge on any atom is -0.508 e. The van der Waals surface area contributed by atoms with Crippen molar-refractivity contribution in [3.63, 3.8) is 0 Å². The number of phenolic OH excluding ortho intramolecular Hbond substituents is 1. The summed E-state index contributed by atoms with van der Waals surface area (Å²) in [5.74, 6) is 0.284. The van der Waals surface area contributed by atoms with Gasteiger partial charge < -0.3 is 21.1 Å². The highest BCUT2D eigenvalue weighted by molar-refractivity contribution is 5.71. The van der Waals surface area contributed by atoms with E-state index in [0.717, 1.165) is 35.8 Å². The number of hydrogen-bond acceptors (Lipinski definition) is 4. The van der Waals surface area contributed by atoms with Crippen LogP contribution in [0.15, 0.2) is 42.5 Å². The number of unbranched alkanes of at least 4 members (excludes halogenated alkanes) is 10. The number of rotatable bonds is 18. The molecule has 0 unspecified atom stereocenters. The molecule has 0 aromatic heterocycles. The van der Waals surface area contributed by atoms with E-state index >= 15 is 0 Å². The van der Waals surface area contributed by atoms with Crippen LogP contribution < -0.4 is 16.0 Å². The molecule has 0 aliphatic rings. The molecule has 178 valence electrons. The molecular weight excluding hydrogens is 394 g/mol. The zero-order valence-corrected chi connectivity index (χ0v) is 20.4. The van der Waals surface area contributed by atoms with Crippen molar-refractivity contribution in [2.75, 3.05) is 29.0 Å². The Kier molecular flexibility index (Phi) is 13.2. The lowest BCUT2D eigenvalue weighted by Gasteiger charge is -2.15. The van der Waals surface area contributed by atoms with E-state index in [4.69, 9.17) is 0 Å². The fourth-order valence-corrected chi connectivity index (χ4v) is 3.89. The third kappa shape index (κ3) is 11.3. The molecule has 0 saturated heterocycles. The summed E-state index contributed by atoms with van der Waals surface area (Å²) in [4.78, 5) is 0. The minimum atomic E-state index is 0.284. The zero-order chi connectivity index (χ0) is 22.9. The topological polar surface area (TPSA) is 56.3 Å². The number of phenols is 1. The van der Waals surface area contributed by atoms with Gasteiger partial charge in [-0.3, -0.25) is 0 Å². The molecule has 0 fully saturated rings. The maximum atomic E-state index is 9.54. The second-order valence-electron chi connectivity index (χ2n) is 8.86. The smallest absolute Gasteiger partial charge is 0.115 e. The molecule has 0 aliphatic heterocycles. The normalized spacial score (nSPS) is 10.8. The molecule has 4 nitrogen and oxygen atoms in total. The number of benzene rings is 2. The van der Waals surface area contributed by atoms with E-state index < -0.39 is 0 Å². The molecule has 4 N–H and O–H groups in total. The summed E-state index contributed by atoms with van der Waals surface area (Å²) in [5.41, 5.74) is 4.31. The lowest BCUT2D eigenvalue weighted by atomic mass is 10.1. The van der Waals surface area contributed by atoms with Gasteiger partial charge in [0.25, 0.3) is 0 Å². The molecule has 4 heteroatoms. The van der Waals surface area contributed by atoms with Crippen LogP contribution in [0.25, 0.3) is 0 Å². The Balaban J connectivity index is 1.89. The lowest BCUT2D eigenvalue weighted by Crippen LogP contribution is -2.05. The first-order chi connectivity index (χ1) is 15.7. The molecule has 0 radical (unpaired) electrons. The zero-order valence-electron chi connectivity index (χ0n) is 20.4. The number of aromatic hydroxyl groups is 1. The molecule has 0 bridgehead atoms. The Morgan fingerprint density at radius 3 is 1.47 bits per heavy atom. The molecule has 0 atom stereocenters. The number of hydrogen-bond donors (Lipinski definition) is 4. The van der Waals surface area contributed by atoms with Gasteiger partial charge in [0.1, 0.15) is 5.75 Å². The van der Waals surface area contributed by atoms with Gasteiger partial charge >= 0.3 is 0 Å². The van der Waals surface area contributed by atoms with Crippen LogP contribution in [0.4, 0.5) is 22.7 Å². The summed E-state index contributed by atoms with van der Waals surface area (Å²) in [6, 6.07) is 13.8. The monoisotopic (exact) mass is 439 g/mol. The van der Waals surface area contributed by atoms with Crippen LogP contribution in [0.2, 0.25) is 0 Å². The Morgan fingerprint density at radius 2 is 0.969 bits per heavy atom. The van der Waals surface area contributed by atoms with Gasteiger partial charge in [0.05, 0.1) is 0 Å². The maximum absolute atomic E-state index is 9.54. The van der Waals surface area contributed by atoms with E-state index in [2.05, 4.69) is 48.0 Å². The van der Waals surface area contributed by atoms with Gasteiger partial charge in [-0.15, -0.1) is 0 Å². The Bertz CT molecular complexity index is 694. The summed E-state index contributed by atoms with van der Waals surface area (Å²) in [7, 11) is 0. The van der Waals surface area contributed by atoms with Gasteiger partial charge in [-0.25, -0.2) is 0 Å². The molecule has 2 rings (SSSR count). The molecule has 0 heterocycles. The fourth-order valence-electron chi connectivity index (χ4n) is 3.89. The molecule has 32 heavy (non-hydrogen) atoms. The van der Waals surface area contributed by atoms with Crippen molar-refractivity contribution in [3.8, 4) is 5.75 Å². The van der Waals surface area contributed by atoms with Gasteiger partial charge in [0.15, 0.2) is 0 Å². The van der Waals surface area contributed by atoms with E-state index in [1.807, 2.05) is 12.1 Å². The standard InChI is InChI=1S/C28H45N3O/c1-3-5-7-9-11-13-19-29-25-21-26(30-20-14-12-10-8-6-4-2)23-27(22-25)31-24-15-17-28(32)18-16-24/h15-18,21-23,29-32H,3-14,19-20H2,1-2H3. The molecule has 0 spiro atoms. The van der Waals surface area contributed by atoms with Crippen molar-refractivity contribution in [2.45, 2.75) is 90.9 Å². The second-order valence-corrected chi connectivity index (χ2v) is 8.86. The van der Waals surface area contributed by atoms with E-state index in [0.29, 0.717) is 0 Å². The van der Waals surface area contributed by atoms with E-state index in [1.54, 1.807) is 12.1 Å². The summed E-state index contributed by atoms with van der Waals surface area (Å²) >= 11 is 0. The van der Waals surface area contributed by atoms with Gasteiger partial charge in [0, 0.05) is 35.8 Å². The van der Waals surface area contributed by atoms with Crippen molar-refractivity contribution in [1.82, 2.24) is 0 Å². The van der Waals surface area contributed by atoms with Crippen molar-refractivity contribution in [1.29, 1.82) is 0 Å². The third-order valence-electron chi connectivity index (χ3n) is 5.81. The van der Waals surface area contributed by atoms with Crippen molar-refractivity contribution in [2.24, 2.45) is 0 Å².